The summed E-state index contributed by atoms with van der Waals surface area (Å²) < 4.78 is 0. The van der Waals surface area contributed by atoms with Crippen molar-refractivity contribution in [1.29, 1.82) is 0 Å². The molecule has 1 aromatic rings. The number of rotatable bonds is 4. The molecule has 0 aromatic carbocycles. The maximum atomic E-state index is 12.4. The number of anilines is 1. The zero-order valence-corrected chi connectivity index (χ0v) is 17.7. The van der Waals surface area contributed by atoms with E-state index in [2.05, 4.69) is 39.6 Å². The summed E-state index contributed by atoms with van der Waals surface area (Å²) in [5.74, 6) is 2.36. The van der Waals surface area contributed by atoms with Gasteiger partial charge < -0.3 is 15.5 Å². The number of piperidine rings is 2. The second-order valence-corrected chi connectivity index (χ2v) is 8.28. The maximum Gasteiger partial charge on any atom is 0.223 e. The average Bonchev–Trinajstić information content (AvgIpc) is 3.34. The van der Waals surface area contributed by atoms with Gasteiger partial charge in [-0.2, -0.15) is 0 Å². The lowest BCUT2D eigenvalue weighted by molar-refractivity contribution is -0.123. The van der Waals surface area contributed by atoms with Gasteiger partial charge in [-0.05, 0) is 68.2 Å². The fourth-order valence-corrected chi connectivity index (χ4v) is 4.45. The van der Waals surface area contributed by atoms with Crippen molar-refractivity contribution in [2.45, 2.75) is 45.6 Å². The number of aromatic nitrogens is 1. The van der Waals surface area contributed by atoms with Crippen LogP contribution in [0.25, 0.3) is 0 Å². The highest BCUT2D eigenvalue weighted by atomic mass is 35.5. The molecule has 2 aliphatic heterocycles. The number of carbonyl (C=O) groups is 1. The normalized spacial score (nSPS) is 23.9. The van der Waals surface area contributed by atoms with Gasteiger partial charge in [-0.15, -0.1) is 24.8 Å². The monoisotopic (exact) mass is 414 g/mol. The minimum absolute atomic E-state index is 0. The molecule has 1 aliphatic carbocycles. The lowest BCUT2D eigenvalue weighted by Crippen LogP contribution is -2.34. The van der Waals surface area contributed by atoms with E-state index in [1.807, 2.05) is 6.20 Å². The number of halogens is 2. The van der Waals surface area contributed by atoms with E-state index in [0.717, 1.165) is 62.7 Å². The van der Waals surface area contributed by atoms with Crippen molar-refractivity contribution in [3.05, 3.63) is 23.9 Å². The summed E-state index contributed by atoms with van der Waals surface area (Å²) >= 11 is 0. The molecule has 7 heteroatoms. The smallest absolute Gasteiger partial charge is 0.223 e. The molecule has 1 atom stereocenters. The molecular formula is C20H32Cl2N4O. The largest absolute Gasteiger partial charge is 0.357 e. The van der Waals surface area contributed by atoms with Crippen molar-refractivity contribution in [1.82, 2.24) is 15.6 Å². The molecule has 4 rings (SSSR count). The van der Waals surface area contributed by atoms with E-state index >= 15 is 0 Å². The molecule has 3 aliphatic rings. The zero-order chi connectivity index (χ0) is 17.3. The van der Waals surface area contributed by atoms with Crippen LogP contribution < -0.4 is 15.5 Å². The first-order valence-electron chi connectivity index (χ1n) is 9.85. The predicted octanol–water partition coefficient (Wildman–Crippen LogP) is 3.17. The van der Waals surface area contributed by atoms with Crippen LogP contribution in [-0.4, -0.2) is 37.1 Å². The van der Waals surface area contributed by atoms with E-state index in [4.69, 9.17) is 0 Å². The van der Waals surface area contributed by atoms with Crippen molar-refractivity contribution < 1.29 is 4.79 Å². The topological polar surface area (TPSA) is 57.3 Å². The first-order valence-corrected chi connectivity index (χ1v) is 9.85. The van der Waals surface area contributed by atoms with Gasteiger partial charge in [-0.25, -0.2) is 4.98 Å². The van der Waals surface area contributed by atoms with Crippen LogP contribution in [-0.2, 0) is 11.3 Å². The Kier molecular flexibility index (Phi) is 7.78. The molecule has 0 radical (unpaired) electrons. The Labute approximate surface area is 174 Å². The Morgan fingerprint density at radius 3 is 2.59 bits per heavy atom. The summed E-state index contributed by atoms with van der Waals surface area (Å²) in [4.78, 5) is 19.4. The van der Waals surface area contributed by atoms with Crippen molar-refractivity contribution in [3.63, 3.8) is 0 Å². The Bertz CT molecular complexity index is 611. The van der Waals surface area contributed by atoms with E-state index < -0.39 is 0 Å². The number of nitrogens with zero attached hydrogens (tertiary/aromatic N) is 2. The number of carbonyl (C=O) groups excluding carboxylic acids is 1. The quantitative estimate of drug-likeness (QED) is 0.793. The standard InChI is InChI=1S/C20H30N4O.2ClH/c1-15-4-10-24(11-5-15)18-3-2-16(13-22-18)14-23-19(25)17-12-20(17)6-8-21-9-7-20;;/h2-3,13,15,17,21H,4-12,14H2,1H3,(H,23,25);2*1H. The van der Waals surface area contributed by atoms with E-state index in [-0.39, 0.29) is 36.6 Å². The minimum atomic E-state index is 0. The van der Waals surface area contributed by atoms with Crippen LogP contribution in [0, 0.1) is 17.3 Å². The van der Waals surface area contributed by atoms with Gasteiger partial charge in [-0.1, -0.05) is 13.0 Å². The van der Waals surface area contributed by atoms with E-state index in [0.29, 0.717) is 12.0 Å². The molecule has 2 N–H and O–H groups in total. The Morgan fingerprint density at radius 2 is 1.96 bits per heavy atom. The molecule has 0 bridgehead atoms. The molecule has 2 saturated heterocycles. The van der Waals surface area contributed by atoms with Gasteiger partial charge in [0.2, 0.25) is 5.91 Å². The van der Waals surface area contributed by atoms with E-state index in [1.54, 1.807) is 0 Å². The predicted molar refractivity (Wildman–Crippen MR) is 114 cm³/mol. The molecule has 5 nitrogen and oxygen atoms in total. The molecule has 27 heavy (non-hydrogen) atoms. The van der Waals surface area contributed by atoms with Crippen LogP contribution in [0.2, 0.25) is 0 Å². The second kappa shape index (κ2) is 9.44. The van der Waals surface area contributed by atoms with Crippen LogP contribution in [0.1, 0.15) is 44.6 Å². The Hall–Kier alpha value is -1.04. The fraction of sp³-hybridized carbons (Fsp3) is 0.700. The molecule has 3 heterocycles. The summed E-state index contributed by atoms with van der Waals surface area (Å²) in [6.45, 7) is 7.24. The van der Waals surface area contributed by atoms with Crippen LogP contribution in [0.3, 0.4) is 0 Å². The molecule has 1 spiro atoms. The molecular weight excluding hydrogens is 383 g/mol. The third-order valence-corrected chi connectivity index (χ3v) is 6.49. The third-order valence-electron chi connectivity index (χ3n) is 6.49. The summed E-state index contributed by atoms with van der Waals surface area (Å²) in [6, 6.07) is 4.21. The lowest BCUT2D eigenvalue weighted by atomic mass is 9.92. The third kappa shape index (κ3) is 5.07. The average molecular weight is 415 g/mol. The molecule has 1 aromatic heterocycles. The van der Waals surface area contributed by atoms with Crippen LogP contribution >= 0.6 is 24.8 Å². The van der Waals surface area contributed by atoms with Crippen LogP contribution in [0.15, 0.2) is 18.3 Å². The minimum Gasteiger partial charge on any atom is -0.357 e. The van der Waals surface area contributed by atoms with Crippen molar-refractivity contribution in [2.24, 2.45) is 17.3 Å². The van der Waals surface area contributed by atoms with Crippen LogP contribution in [0.4, 0.5) is 5.82 Å². The Morgan fingerprint density at radius 1 is 1.26 bits per heavy atom. The first kappa shape index (κ1) is 22.3. The number of amides is 1. The van der Waals surface area contributed by atoms with Crippen LogP contribution in [0.5, 0.6) is 0 Å². The maximum absolute atomic E-state index is 12.4. The first-order chi connectivity index (χ1) is 12.2. The van der Waals surface area contributed by atoms with Gasteiger partial charge in [0.1, 0.15) is 5.82 Å². The number of hydrogen-bond donors (Lipinski definition) is 2. The number of nitrogens with one attached hydrogen (secondary N) is 2. The summed E-state index contributed by atoms with van der Waals surface area (Å²) in [5.41, 5.74) is 1.39. The molecule has 3 fully saturated rings. The summed E-state index contributed by atoms with van der Waals surface area (Å²) in [6.07, 6.45) is 7.79. The SMILES string of the molecule is CC1CCN(c2ccc(CNC(=O)C3CC34CCNCC4)cn2)CC1.Cl.Cl. The number of hydrogen-bond acceptors (Lipinski definition) is 4. The van der Waals surface area contributed by atoms with Crippen molar-refractivity contribution in [3.8, 4) is 0 Å². The molecule has 152 valence electrons. The van der Waals surface area contributed by atoms with Gasteiger partial charge in [0.05, 0.1) is 0 Å². The molecule has 1 unspecified atom stereocenters. The van der Waals surface area contributed by atoms with Crippen molar-refractivity contribution in [2.75, 3.05) is 31.1 Å². The van der Waals surface area contributed by atoms with E-state index in [9.17, 15) is 4.79 Å². The second-order valence-electron chi connectivity index (χ2n) is 8.28. The molecule has 1 amide bonds. The van der Waals surface area contributed by atoms with E-state index in [1.165, 1.54) is 12.8 Å². The zero-order valence-electron chi connectivity index (χ0n) is 16.1. The summed E-state index contributed by atoms with van der Waals surface area (Å²) in [5, 5.41) is 6.51. The highest BCUT2D eigenvalue weighted by molar-refractivity contribution is 5.85. The fourth-order valence-electron chi connectivity index (χ4n) is 4.45. The van der Waals surface area contributed by atoms with Gasteiger partial charge in [0.25, 0.3) is 0 Å². The Balaban J connectivity index is 0.00000131. The highest BCUT2D eigenvalue weighted by Crippen LogP contribution is 2.58. The van der Waals surface area contributed by atoms with Gasteiger partial charge >= 0.3 is 0 Å². The highest BCUT2D eigenvalue weighted by Gasteiger charge is 2.57. The summed E-state index contributed by atoms with van der Waals surface area (Å²) in [7, 11) is 0. The van der Waals surface area contributed by atoms with Gasteiger partial charge in [0, 0.05) is 31.7 Å². The lowest BCUT2D eigenvalue weighted by Gasteiger charge is -2.31. The molecule has 1 saturated carbocycles. The number of pyridine rings is 1. The van der Waals surface area contributed by atoms with Crippen molar-refractivity contribution >= 4 is 36.5 Å². The van der Waals surface area contributed by atoms with Gasteiger partial charge in [0.15, 0.2) is 0 Å². The van der Waals surface area contributed by atoms with Gasteiger partial charge in [-0.3, -0.25) is 4.79 Å².